The summed E-state index contributed by atoms with van der Waals surface area (Å²) in [7, 11) is 0. The highest BCUT2D eigenvalue weighted by molar-refractivity contribution is 5.03. The quantitative estimate of drug-likeness (QED) is 0.219. The van der Waals surface area contributed by atoms with Crippen LogP contribution in [0.25, 0.3) is 0 Å². The van der Waals surface area contributed by atoms with Gasteiger partial charge in [0.15, 0.2) is 0 Å². The molecule has 0 N–H and O–H groups in total. The van der Waals surface area contributed by atoms with Crippen LogP contribution in [0.5, 0.6) is 0 Å². The van der Waals surface area contributed by atoms with Crippen LogP contribution in [-0.2, 0) is 9.47 Å². The van der Waals surface area contributed by atoms with Crippen molar-refractivity contribution in [3.63, 3.8) is 0 Å². The van der Waals surface area contributed by atoms with Crippen LogP contribution in [0.3, 0.4) is 0 Å². The lowest BCUT2D eigenvalue weighted by atomic mass is 9.66. The minimum atomic E-state index is -5.02. The van der Waals surface area contributed by atoms with Crippen LogP contribution in [0.2, 0.25) is 0 Å². The molecule has 0 heterocycles. The molecule has 34 heavy (non-hydrogen) atoms. The molecule has 0 saturated carbocycles. The molecule has 208 valence electrons. The molecule has 0 spiro atoms. The van der Waals surface area contributed by atoms with Gasteiger partial charge in [-0.2, -0.15) is 13.2 Å². The average molecular weight is 505 g/mol. The van der Waals surface area contributed by atoms with Crippen LogP contribution in [0.1, 0.15) is 109 Å². The van der Waals surface area contributed by atoms with Crippen molar-refractivity contribution in [1.82, 2.24) is 0 Å². The van der Waals surface area contributed by atoms with Gasteiger partial charge in [0, 0.05) is 5.41 Å². The number of halogens is 5. The van der Waals surface area contributed by atoms with E-state index >= 15 is 8.78 Å². The van der Waals surface area contributed by atoms with E-state index in [0.717, 1.165) is 13.3 Å². The Labute approximate surface area is 206 Å². The Bertz CT molecular complexity index is 574. The third-order valence-electron chi connectivity index (χ3n) is 7.52. The maximum Gasteiger partial charge on any atom is 0.399 e. The molecule has 0 bridgehead atoms. The first-order chi connectivity index (χ1) is 15.1. The van der Waals surface area contributed by atoms with E-state index in [-0.39, 0.29) is 24.5 Å². The van der Waals surface area contributed by atoms with Crippen molar-refractivity contribution in [2.24, 2.45) is 28.1 Å². The fourth-order valence-electron chi connectivity index (χ4n) is 3.88. The minimum absolute atomic E-state index is 0.135. The molecule has 0 aromatic rings. The smallest absolute Gasteiger partial charge is 0.380 e. The molecule has 0 aliphatic rings. The third-order valence-corrected chi connectivity index (χ3v) is 7.52. The molecule has 7 heteroatoms. The van der Waals surface area contributed by atoms with Crippen LogP contribution in [-0.4, -0.2) is 37.5 Å². The average Bonchev–Trinajstić information content (AvgIpc) is 2.71. The van der Waals surface area contributed by atoms with E-state index in [1.165, 1.54) is 13.8 Å². The molecule has 0 radical (unpaired) electrons. The molecular weight excluding hydrogens is 451 g/mol. The molecule has 0 aliphatic heterocycles. The highest BCUT2D eigenvalue weighted by Gasteiger charge is 2.70. The summed E-state index contributed by atoms with van der Waals surface area (Å²) < 4.78 is 83.8. The van der Waals surface area contributed by atoms with Crippen molar-refractivity contribution < 1.29 is 31.4 Å². The van der Waals surface area contributed by atoms with Crippen LogP contribution in [0, 0.1) is 28.1 Å². The Kier molecular flexibility index (Phi) is 13.9. The molecule has 0 aromatic heterocycles. The summed E-state index contributed by atoms with van der Waals surface area (Å²) in [6.07, 6.45) is -5.12. The summed E-state index contributed by atoms with van der Waals surface area (Å²) in [4.78, 5) is 0. The van der Waals surface area contributed by atoms with E-state index in [4.69, 9.17) is 9.47 Å². The Hall–Kier alpha value is -0.430. The molecule has 0 rings (SSSR count). The van der Waals surface area contributed by atoms with Gasteiger partial charge < -0.3 is 9.47 Å². The molecule has 0 fully saturated rings. The molecule has 3 unspecified atom stereocenters. The van der Waals surface area contributed by atoms with E-state index < -0.39 is 41.4 Å². The van der Waals surface area contributed by atoms with Crippen molar-refractivity contribution in [3.05, 3.63) is 0 Å². The largest absolute Gasteiger partial charge is 0.399 e. The van der Waals surface area contributed by atoms with Gasteiger partial charge in [0.1, 0.15) is 5.41 Å². The van der Waals surface area contributed by atoms with E-state index in [1.54, 1.807) is 0 Å². The van der Waals surface area contributed by atoms with Crippen LogP contribution < -0.4 is 0 Å². The van der Waals surface area contributed by atoms with Crippen molar-refractivity contribution in [2.75, 3.05) is 19.8 Å². The topological polar surface area (TPSA) is 18.5 Å². The highest BCUT2D eigenvalue weighted by atomic mass is 19.4. The van der Waals surface area contributed by atoms with Gasteiger partial charge in [0.2, 0.25) is 0 Å². The summed E-state index contributed by atoms with van der Waals surface area (Å²) in [6, 6.07) is 0. The number of alkyl halides is 5. The molecule has 0 aliphatic carbocycles. The van der Waals surface area contributed by atoms with Gasteiger partial charge in [-0.25, -0.2) is 8.78 Å². The predicted octanol–water partition coefficient (Wildman–Crippen LogP) is 9.56. The zero-order valence-corrected chi connectivity index (χ0v) is 24.1. The molecule has 3 atom stereocenters. The van der Waals surface area contributed by atoms with Crippen molar-refractivity contribution in [1.29, 1.82) is 0 Å². The molecule has 2 nitrogen and oxygen atoms in total. The lowest BCUT2D eigenvalue weighted by molar-refractivity contribution is -0.329. The lowest BCUT2D eigenvalue weighted by Gasteiger charge is -2.48. The van der Waals surface area contributed by atoms with Gasteiger partial charge in [-0.15, -0.1) is 0 Å². The Morgan fingerprint density at radius 1 is 0.706 bits per heavy atom. The number of rotatable bonds is 14. The second-order valence-electron chi connectivity index (χ2n) is 11.6. The second kappa shape index (κ2) is 13.2. The first kappa shape index (κ1) is 35.7. The van der Waals surface area contributed by atoms with Crippen molar-refractivity contribution in [3.8, 4) is 0 Å². The first-order valence-corrected chi connectivity index (χ1v) is 12.8. The normalized spacial score (nSPS) is 18.7. The summed E-state index contributed by atoms with van der Waals surface area (Å²) in [5.41, 5.74) is -5.88. The Morgan fingerprint density at radius 2 is 1.18 bits per heavy atom. The van der Waals surface area contributed by atoms with E-state index in [2.05, 4.69) is 27.7 Å². The molecule has 0 aromatic carbocycles. The van der Waals surface area contributed by atoms with Crippen LogP contribution in [0.4, 0.5) is 22.0 Å². The molecule has 0 saturated heterocycles. The van der Waals surface area contributed by atoms with E-state index in [0.29, 0.717) is 19.4 Å². The summed E-state index contributed by atoms with van der Waals surface area (Å²) in [5, 5.41) is 0. The lowest BCUT2D eigenvalue weighted by Crippen LogP contribution is -2.59. The van der Waals surface area contributed by atoms with E-state index in [9.17, 15) is 13.2 Å². The van der Waals surface area contributed by atoms with E-state index in [1.807, 2.05) is 34.6 Å². The third kappa shape index (κ3) is 8.60. The molecular formula is C27H53F5O2. The Morgan fingerprint density at radius 3 is 1.50 bits per heavy atom. The van der Waals surface area contributed by atoms with Crippen molar-refractivity contribution in [2.45, 2.75) is 127 Å². The molecule has 0 amide bonds. The number of hydrogen-bond acceptors (Lipinski definition) is 2. The highest BCUT2D eigenvalue weighted by Crippen LogP contribution is 2.59. The summed E-state index contributed by atoms with van der Waals surface area (Å²) >= 11 is 0. The summed E-state index contributed by atoms with van der Waals surface area (Å²) in [6.45, 7) is 22.8. The van der Waals surface area contributed by atoms with Gasteiger partial charge in [-0.3, -0.25) is 0 Å². The maximum atomic E-state index is 15.4. The standard InChI is InChI=1S/C25H47F5O2.C2H6/c1-12-22(10,24(26,27)23(11,13-2)25(28,29)30)17-31-15-21(9,14-18(3)4)16-32-20(7,8)19(5)6;1-2/h18-19H,12-17H2,1-11H3;1-2H3. The van der Waals surface area contributed by atoms with Crippen molar-refractivity contribution >= 4 is 0 Å². The van der Waals surface area contributed by atoms with Gasteiger partial charge in [0.25, 0.3) is 5.92 Å². The SMILES string of the molecule is CC.CCC(C)(COCC(C)(COC(C)(C)C(C)C)CC(C)C)C(F)(F)C(C)(CC)C(F)(F)F. The van der Waals surface area contributed by atoms with Gasteiger partial charge >= 0.3 is 6.18 Å². The van der Waals surface area contributed by atoms with Gasteiger partial charge in [-0.1, -0.05) is 69.2 Å². The van der Waals surface area contributed by atoms with Crippen LogP contribution in [0.15, 0.2) is 0 Å². The predicted molar refractivity (Wildman–Crippen MR) is 132 cm³/mol. The fourth-order valence-corrected chi connectivity index (χ4v) is 3.88. The Balaban J connectivity index is 0. The number of ether oxygens (including phenoxy) is 2. The monoisotopic (exact) mass is 504 g/mol. The van der Waals surface area contributed by atoms with Crippen LogP contribution >= 0.6 is 0 Å². The van der Waals surface area contributed by atoms with Gasteiger partial charge in [-0.05, 0) is 51.9 Å². The summed E-state index contributed by atoms with van der Waals surface area (Å²) in [5.74, 6) is -3.39. The second-order valence-corrected chi connectivity index (χ2v) is 11.6. The zero-order chi connectivity index (χ0) is 27.8. The number of hydrogen-bond donors (Lipinski definition) is 0. The van der Waals surface area contributed by atoms with Gasteiger partial charge in [0.05, 0.1) is 30.8 Å². The fraction of sp³-hybridized carbons (Fsp3) is 1.00. The zero-order valence-electron chi connectivity index (χ0n) is 24.1. The minimum Gasteiger partial charge on any atom is -0.380 e. The maximum absolute atomic E-state index is 15.4. The first-order valence-electron chi connectivity index (χ1n) is 12.8.